The van der Waals surface area contributed by atoms with Gasteiger partial charge in [0.15, 0.2) is 0 Å². The third-order valence-corrected chi connectivity index (χ3v) is 20.8. The van der Waals surface area contributed by atoms with E-state index < -0.39 is 8.07 Å². The standard InChI is InChI=1S/C46H64Si/c1-27-13-15-29-31(21-27)32-22-28(2)14-16-30(32)41(29)47(11,12)42-35-25-39-37(43(3,4)17-19-45(39,7)8)23-33(35)34-24-38-40(26-36(34)42)46(9,10)20-18-44(38,5)6/h13-16,21-26,29-36,41-42H,17-20H2,1-12H3. The van der Waals surface area contributed by atoms with Crippen LogP contribution in [0.3, 0.4) is 0 Å². The second-order valence-corrected chi connectivity index (χ2v) is 25.9. The van der Waals surface area contributed by atoms with Crippen LogP contribution in [-0.4, -0.2) is 8.07 Å². The van der Waals surface area contributed by atoms with Crippen molar-refractivity contribution in [2.75, 3.05) is 0 Å². The monoisotopic (exact) mass is 644 g/mol. The molecule has 0 spiro atoms. The van der Waals surface area contributed by atoms with Gasteiger partial charge < -0.3 is 0 Å². The summed E-state index contributed by atoms with van der Waals surface area (Å²) in [5, 5.41) is 0. The van der Waals surface area contributed by atoms with Crippen LogP contribution in [0, 0.1) is 69.0 Å². The molecule has 8 rings (SSSR count). The summed E-state index contributed by atoms with van der Waals surface area (Å²) in [5.74, 6) is 5.17. The van der Waals surface area contributed by atoms with Gasteiger partial charge in [0.2, 0.25) is 0 Å². The zero-order valence-corrected chi connectivity index (χ0v) is 32.9. The van der Waals surface area contributed by atoms with Crippen molar-refractivity contribution in [1.29, 1.82) is 0 Å². The van der Waals surface area contributed by atoms with Crippen LogP contribution in [0.25, 0.3) is 0 Å². The van der Waals surface area contributed by atoms with Crippen LogP contribution >= 0.6 is 0 Å². The van der Waals surface area contributed by atoms with Crippen LogP contribution in [0.2, 0.25) is 24.2 Å². The lowest BCUT2D eigenvalue weighted by molar-refractivity contribution is 0.244. The van der Waals surface area contributed by atoms with Gasteiger partial charge >= 0.3 is 0 Å². The minimum Gasteiger partial charge on any atom is -0.0805 e. The van der Waals surface area contributed by atoms with Gasteiger partial charge in [0.05, 0.1) is 8.07 Å². The van der Waals surface area contributed by atoms with E-state index in [-0.39, 0.29) is 21.7 Å². The highest BCUT2D eigenvalue weighted by Crippen LogP contribution is 2.70. The fraction of sp³-hybridized carbons (Fsp3) is 0.652. The first kappa shape index (κ1) is 32.3. The van der Waals surface area contributed by atoms with Crippen LogP contribution in [0.5, 0.6) is 0 Å². The Morgan fingerprint density at radius 2 is 0.702 bits per heavy atom. The minimum atomic E-state index is -1.90. The summed E-state index contributed by atoms with van der Waals surface area (Å²) < 4.78 is 0. The van der Waals surface area contributed by atoms with Gasteiger partial charge in [-0.3, -0.25) is 0 Å². The molecule has 8 atom stereocenters. The molecule has 0 N–H and O–H groups in total. The van der Waals surface area contributed by atoms with Gasteiger partial charge in [-0.05, 0) is 142 Å². The van der Waals surface area contributed by atoms with Crippen LogP contribution in [0.1, 0.15) is 94.9 Å². The topological polar surface area (TPSA) is 0 Å². The first-order valence-corrected chi connectivity index (χ1v) is 22.6. The van der Waals surface area contributed by atoms with Crippen molar-refractivity contribution in [3.05, 3.63) is 94.2 Å². The summed E-state index contributed by atoms with van der Waals surface area (Å²) in [5.41, 5.74) is 12.4. The Morgan fingerprint density at radius 1 is 0.426 bits per heavy atom. The molecule has 8 unspecified atom stereocenters. The SMILES string of the molecule is CC1=CC2C3C=C(C)C=CC3C([Si](C)(C)C3C4C=C5C(=CC4C4C=C6C(=CC43)C(C)(C)CCC6(C)C)C(C)(C)CCC5(C)C)C2C=C1. The molecule has 8 aliphatic carbocycles. The van der Waals surface area contributed by atoms with E-state index in [1.807, 2.05) is 0 Å². The van der Waals surface area contributed by atoms with E-state index >= 15 is 0 Å². The van der Waals surface area contributed by atoms with Gasteiger partial charge in [-0.1, -0.05) is 140 Å². The van der Waals surface area contributed by atoms with E-state index in [0.29, 0.717) is 47.3 Å². The molecule has 4 fully saturated rings. The number of hydrogen-bond donors (Lipinski definition) is 0. The molecule has 0 amide bonds. The molecule has 0 saturated heterocycles. The van der Waals surface area contributed by atoms with Gasteiger partial charge in [0.25, 0.3) is 0 Å². The Hall–Kier alpha value is -1.86. The predicted octanol–water partition coefficient (Wildman–Crippen LogP) is 12.8. The average Bonchev–Trinajstić information content (AvgIpc) is 3.49. The zero-order valence-electron chi connectivity index (χ0n) is 31.9. The minimum absolute atomic E-state index is 0.262. The molecule has 0 aliphatic heterocycles. The predicted molar refractivity (Wildman–Crippen MR) is 205 cm³/mol. The number of fused-ring (bicyclic) bond motifs is 8. The molecule has 0 nitrogen and oxygen atoms in total. The summed E-state index contributed by atoms with van der Waals surface area (Å²) in [4.78, 5) is 0. The lowest BCUT2D eigenvalue weighted by atomic mass is 9.56. The second-order valence-electron chi connectivity index (χ2n) is 20.9. The third kappa shape index (κ3) is 4.63. The summed E-state index contributed by atoms with van der Waals surface area (Å²) in [6.07, 6.45) is 32.6. The fourth-order valence-electron chi connectivity index (χ4n) is 13.0. The first-order chi connectivity index (χ1) is 21.8. The van der Waals surface area contributed by atoms with Crippen molar-refractivity contribution in [3.63, 3.8) is 0 Å². The number of hydrogen-bond acceptors (Lipinski definition) is 0. The zero-order chi connectivity index (χ0) is 33.6. The quantitative estimate of drug-likeness (QED) is 0.262. The number of rotatable bonds is 2. The Labute approximate surface area is 289 Å². The molecule has 252 valence electrons. The maximum atomic E-state index is 2.95. The second kappa shape index (κ2) is 10.1. The van der Waals surface area contributed by atoms with Crippen LogP contribution in [0.15, 0.2) is 94.2 Å². The van der Waals surface area contributed by atoms with Gasteiger partial charge in [-0.2, -0.15) is 0 Å². The van der Waals surface area contributed by atoms with E-state index in [2.05, 4.69) is 143 Å². The van der Waals surface area contributed by atoms with Gasteiger partial charge in [-0.25, -0.2) is 0 Å². The van der Waals surface area contributed by atoms with Gasteiger partial charge in [0, 0.05) is 0 Å². The maximum Gasteiger partial charge on any atom is 0.0560 e. The van der Waals surface area contributed by atoms with E-state index in [1.54, 1.807) is 22.3 Å². The first-order valence-electron chi connectivity index (χ1n) is 19.5. The molecule has 1 heteroatoms. The van der Waals surface area contributed by atoms with E-state index in [9.17, 15) is 0 Å². The lowest BCUT2D eigenvalue weighted by Crippen LogP contribution is -2.47. The molecule has 0 aromatic rings. The highest BCUT2D eigenvalue weighted by Gasteiger charge is 2.63. The summed E-state index contributed by atoms with van der Waals surface area (Å²) >= 11 is 0. The molecule has 47 heavy (non-hydrogen) atoms. The molecular weight excluding hydrogens is 581 g/mol. The van der Waals surface area contributed by atoms with E-state index in [4.69, 9.17) is 0 Å². The third-order valence-electron chi connectivity index (χ3n) is 15.8. The van der Waals surface area contributed by atoms with Gasteiger partial charge in [-0.15, -0.1) is 0 Å². The van der Waals surface area contributed by atoms with E-state index in [0.717, 1.165) is 11.1 Å². The lowest BCUT2D eigenvalue weighted by Gasteiger charge is -2.50. The fourth-order valence-corrected chi connectivity index (χ4v) is 18.8. The van der Waals surface area contributed by atoms with Gasteiger partial charge in [0.1, 0.15) is 0 Å². The molecule has 4 saturated carbocycles. The van der Waals surface area contributed by atoms with Crippen molar-refractivity contribution < 1.29 is 0 Å². The Morgan fingerprint density at radius 3 is 1.04 bits per heavy atom. The summed E-state index contributed by atoms with van der Waals surface area (Å²) in [6.45, 7) is 30.8. The number of allylic oxidation sites excluding steroid dienone is 16. The average molecular weight is 645 g/mol. The highest BCUT2D eigenvalue weighted by atomic mass is 28.3. The summed E-state index contributed by atoms with van der Waals surface area (Å²) in [7, 11) is -1.90. The highest BCUT2D eigenvalue weighted by molar-refractivity contribution is 6.80. The van der Waals surface area contributed by atoms with Crippen LogP contribution < -0.4 is 0 Å². The molecular formula is C46H64Si. The molecule has 0 bridgehead atoms. The largest absolute Gasteiger partial charge is 0.0805 e. The van der Waals surface area contributed by atoms with Crippen molar-refractivity contribution in [2.24, 2.45) is 69.0 Å². The Balaban J connectivity index is 1.32. The molecule has 0 aromatic heterocycles. The van der Waals surface area contributed by atoms with Crippen LogP contribution in [-0.2, 0) is 0 Å². The smallest absolute Gasteiger partial charge is 0.0560 e. The molecule has 0 radical (unpaired) electrons. The Kier molecular flexibility index (Phi) is 6.96. The molecule has 0 heterocycles. The van der Waals surface area contributed by atoms with E-state index in [1.165, 1.54) is 36.8 Å². The van der Waals surface area contributed by atoms with Crippen molar-refractivity contribution in [2.45, 2.75) is 119 Å². The summed E-state index contributed by atoms with van der Waals surface area (Å²) in [6, 6.07) is 0. The molecule has 8 aliphatic rings. The van der Waals surface area contributed by atoms with Crippen molar-refractivity contribution in [3.8, 4) is 0 Å². The van der Waals surface area contributed by atoms with Crippen LogP contribution in [0.4, 0.5) is 0 Å². The normalized spacial score (nSPS) is 43.0. The maximum absolute atomic E-state index is 2.95. The van der Waals surface area contributed by atoms with Crippen molar-refractivity contribution in [1.82, 2.24) is 0 Å². The Bertz CT molecular complexity index is 1520. The van der Waals surface area contributed by atoms with Crippen molar-refractivity contribution >= 4 is 8.07 Å². The molecule has 0 aromatic carbocycles.